The van der Waals surface area contributed by atoms with Gasteiger partial charge in [-0.05, 0) is 17.5 Å². The van der Waals surface area contributed by atoms with Gasteiger partial charge in [0.25, 0.3) is 5.91 Å². The number of hydrogen-bond acceptors (Lipinski definition) is 4. The zero-order valence-electron chi connectivity index (χ0n) is 11.3. The SMILES string of the molecule is CC(C)(CNC(=O)c1cc(Cl)ncc1N)c1cccs1. The minimum Gasteiger partial charge on any atom is -0.397 e. The van der Waals surface area contributed by atoms with E-state index in [4.69, 9.17) is 17.3 Å². The van der Waals surface area contributed by atoms with Gasteiger partial charge in [0.1, 0.15) is 5.15 Å². The number of rotatable bonds is 4. The number of nitrogen functional groups attached to an aromatic ring is 1. The highest BCUT2D eigenvalue weighted by atomic mass is 35.5. The maximum atomic E-state index is 12.2. The van der Waals surface area contributed by atoms with E-state index in [2.05, 4.69) is 30.2 Å². The lowest BCUT2D eigenvalue weighted by Gasteiger charge is -2.23. The number of carbonyl (C=O) groups is 1. The van der Waals surface area contributed by atoms with E-state index in [1.165, 1.54) is 17.1 Å². The quantitative estimate of drug-likeness (QED) is 0.853. The van der Waals surface area contributed by atoms with E-state index in [-0.39, 0.29) is 16.5 Å². The smallest absolute Gasteiger partial charge is 0.253 e. The number of nitrogens with zero attached hydrogens (tertiary/aromatic N) is 1. The number of halogens is 1. The van der Waals surface area contributed by atoms with E-state index in [9.17, 15) is 4.79 Å². The number of nitrogens with two attached hydrogens (primary N) is 1. The van der Waals surface area contributed by atoms with Crippen LogP contribution in [-0.4, -0.2) is 17.4 Å². The molecule has 0 radical (unpaired) electrons. The molecule has 2 rings (SSSR count). The van der Waals surface area contributed by atoms with Crippen LogP contribution in [-0.2, 0) is 5.41 Å². The molecule has 1 amide bonds. The summed E-state index contributed by atoms with van der Waals surface area (Å²) in [7, 11) is 0. The van der Waals surface area contributed by atoms with E-state index in [1.807, 2.05) is 11.4 Å². The first-order chi connectivity index (χ1) is 9.40. The van der Waals surface area contributed by atoms with Crippen molar-refractivity contribution in [3.8, 4) is 0 Å². The number of nitrogens with one attached hydrogen (secondary N) is 1. The highest BCUT2D eigenvalue weighted by molar-refractivity contribution is 7.10. The summed E-state index contributed by atoms with van der Waals surface area (Å²) in [6, 6.07) is 5.54. The molecule has 0 saturated carbocycles. The van der Waals surface area contributed by atoms with Gasteiger partial charge in [0.15, 0.2) is 0 Å². The Labute approximate surface area is 127 Å². The highest BCUT2D eigenvalue weighted by Crippen LogP contribution is 2.26. The monoisotopic (exact) mass is 309 g/mol. The van der Waals surface area contributed by atoms with Crippen LogP contribution in [0.15, 0.2) is 29.8 Å². The van der Waals surface area contributed by atoms with E-state index < -0.39 is 0 Å². The lowest BCUT2D eigenvalue weighted by molar-refractivity contribution is 0.0946. The molecule has 0 spiro atoms. The van der Waals surface area contributed by atoms with Crippen LogP contribution in [0.2, 0.25) is 5.15 Å². The molecule has 0 aliphatic rings. The summed E-state index contributed by atoms with van der Waals surface area (Å²) in [5.41, 5.74) is 6.29. The third-order valence-corrected chi connectivity index (χ3v) is 4.47. The molecule has 2 aromatic heterocycles. The fraction of sp³-hybridized carbons (Fsp3) is 0.286. The Morgan fingerprint density at radius 1 is 1.55 bits per heavy atom. The predicted octanol–water partition coefficient (Wildman–Crippen LogP) is 3.09. The van der Waals surface area contributed by atoms with E-state index in [0.29, 0.717) is 17.8 Å². The molecule has 0 aromatic carbocycles. The first-order valence-corrected chi connectivity index (χ1v) is 7.39. The Kier molecular flexibility index (Phi) is 4.30. The molecule has 6 heteroatoms. The summed E-state index contributed by atoms with van der Waals surface area (Å²) in [6.07, 6.45) is 1.39. The van der Waals surface area contributed by atoms with Gasteiger partial charge in [-0.25, -0.2) is 4.98 Å². The van der Waals surface area contributed by atoms with Crippen molar-refractivity contribution in [2.75, 3.05) is 12.3 Å². The van der Waals surface area contributed by atoms with E-state index in [0.717, 1.165) is 0 Å². The summed E-state index contributed by atoms with van der Waals surface area (Å²) in [5, 5.41) is 5.18. The van der Waals surface area contributed by atoms with Gasteiger partial charge < -0.3 is 11.1 Å². The van der Waals surface area contributed by atoms with Crippen molar-refractivity contribution < 1.29 is 4.79 Å². The summed E-state index contributed by atoms with van der Waals surface area (Å²) >= 11 is 7.46. The Bertz CT molecular complexity index is 611. The van der Waals surface area contributed by atoms with Crippen molar-refractivity contribution in [3.05, 3.63) is 45.4 Å². The molecule has 0 bridgehead atoms. The van der Waals surface area contributed by atoms with Crippen LogP contribution in [0.1, 0.15) is 29.1 Å². The number of anilines is 1. The maximum absolute atomic E-state index is 12.2. The molecule has 0 aliphatic heterocycles. The number of carbonyl (C=O) groups excluding carboxylic acids is 1. The number of aromatic nitrogens is 1. The molecule has 20 heavy (non-hydrogen) atoms. The van der Waals surface area contributed by atoms with Crippen molar-refractivity contribution in [2.24, 2.45) is 0 Å². The second kappa shape index (κ2) is 5.81. The van der Waals surface area contributed by atoms with Gasteiger partial charge in [-0.15, -0.1) is 11.3 Å². The van der Waals surface area contributed by atoms with Crippen LogP contribution in [0, 0.1) is 0 Å². The van der Waals surface area contributed by atoms with Crippen molar-refractivity contribution in [1.29, 1.82) is 0 Å². The lowest BCUT2D eigenvalue weighted by atomic mass is 9.91. The molecule has 2 heterocycles. The van der Waals surface area contributed by atoms with Crippen molar-refractivity contribution in [3.63, 3.8) is 0 Å². The normalized spacial score (nSPS) is 11.3. The molecule has 2 aromatic rings. The van der Waals surface area contributed by atoms with Gasteiger partial charge >= 0.3 is 0 Å². The molecule has 106 valence electrons. The number of pyridine rings is 1. The van der Waals surface area contributed by atoms with Gasteiger partial charge in [-0.3, -0.25) is 4.79 Å². The molecular weight excluding hydrogens is 294 g/mol. The summed E-state index contributed by atoms with van der Waals surface area (Å²) in [6.45, 7) is 4.69. The van der Waals surface area contributed by atoms with Gasteiger partial charge in [-0.1, -0.05) is 31.5 Å². The third-order valence-electron chi connectivity index (χ3n) is 3.03. The largest absolute Gasteiger partial charge is 0.397 e. The van der Waals surface area contributed by atoms with Crippen molar-refractivity contribution >= 4 is 34.5 Å². The van der Waals surface area contributed by atoms with E-state index in [1.54, 1.807) is 11.3 Å². The highest BCUT2D eigenvalue weighted by Gasteiger charge is 2.23. The van der Waals surface area contributed by atoms with Crippen LogP contribution >= 0.6 is 22.9 Å². The van der Waals surface area contributed by atoms with Crippen LogP contribution in [0.4, 0.5) is 5.69 Å². The molecule has 3 N–H and O–H groups in total. The first kappa shape index (κ1) is 14.8. The zero-order chi connectivity index (χ0) is 14.8. The Hall–Kier alpha value is -1.59. The fourth-order valence-corrected chi connectivity index (χ4v) is 2.79. The van der Waals surface area contributed by atoms with Crippen molar-refractivity contribution in [1.82, 2.24) is 10.3 Å². The first-order valence-electron chi connectivity index (χ1n) is 6.13. The Balaban J connectivity index is 2.07. The number of amides is 1. The third kappa shape index (κ3) is 3.29. The van der Waals surface area contributed by atoms with Crippen LogP contribution in [0.5, 0.6) is 0 Å². The van der Waals surface area contributed by atoms with Gasteiger partial charge in [-0.2, -0.15) is 0 Å². The van der Waals surface area contributed by atoms with Crippen LogP contribution < -0.4 is 11.1 Å². The number of thiophene rings is 1. The Morgan fingerprint density at radius 2 is 2.30 bits per heavy atom. The molecule has 4 nitrogen and oxygen atoms in total. The predicted molar refractivity (Wildman–Crippen MR) is 83.3 cm³/mol. The van der Waals surface area contributed by atoms with Gasteiger partial charge in [0.05, 0.1) is 17.4 Å². The van der Waals surface area contributed by atoms with Crippen LogP contribution in [0.3, 0.4) is 0 Å². The van der Waals surface area contributed by atoms with Gasteiger partial charge in [0.2, 0.25) is 0 Å². The summed E-state index contributed by atoms with van der Waals surface area (Å²) in [5.74, 6) is -0.239. The minimum absolute atomic E-state index is 0.130. The Morgan fingerprint density at radius 3 is 2.95 bits per heavy atom. The molecule has 0 saturated heterocycles. The van der Waals surface area contributed by atoms with E-state index >= 15 is 0 Å². The summed E-state index contributed by atoms with van der Waals surface area (Å²) < 4.78 is 0. The van der Waals surface area contributed by atoms with Gasteiger partial charge in [0, 0.05) is 16.8 Å². The topological polar surface area (TPSA) is 68.0 Å². The molecular formula is C14H16ClN3OS. The molecule has 0 fully saturated rings. The molecule has 0 atom stereocenters. The minimum atomic E-state index is -0.239. The second-order valence-corrected chi connectivity index (χ2v) is 6.47. The average molecular weight is 310 g/mol. The lowest BCUT2D eigenvalue weighted by Crippen LogP contribution is -2.36. The fourth-order valence-electron chi connectivity index (χ4n) is 1.78. The summed E-state index contributed by atoms with van der Waals surface area (Å²) in [4.78, 5) is 17.2. The number of hydrogen-bond donors (Lipinski definition) is 2. The van der Waals surface area contributed by atoms with Crippen molar-refractivity contribution in [2.45, 2.75) is 19.3 Å². The zero-order valence-corrected chi connectivity index (χ0v) is 12.9. The van der Waals surface area contributed by atoms with Crippen LogP contribution in [0.25, 0.3) is 0 Å². The average Bonchev–Trinajstić information content (AvgIpc) is 2.93. The standard InChI is InChI=1S/C14H16ClN3OS/c1-14(2,11-4-3-5-20-11)8-18-13(19)9-6-12(15)17-7-10(9)16/h3-7H,8,16H2,1-2H3,(H,18,19). The second-order valence-electron chi connectivity index (χ2n) is 5.14. The molecule has 0 unspecified atom stereocenters. The molecule has 0 aliphatic carbocycles. The maximum Gasteiger partial charge on any atom is 0.253 e.